The number of aryl methyl sites for hydroxylation is 2. The molecule has 26 heavy (non-hydrogen) atoms. The first-order chi connectivity index (χ1) is 12.6. The smallest absolute Gasteiger partial charge is 0.226 e. The third-order valence-electron chi connectivity index (χ3n) is 4.89. The number of amides is 1. The quantitative estimate of drug-likeness (QED) is 0.764. The Kier molecular flexibility index (Phi) is 4.28. The van der Waals surface area contributed by atoms with Gasteiger partial charge < -0.3 is 9.88 Å². The lowest BCUT2D eigenvalue weighted by molar-refractivity contribution is -0.116. The van der Waals surface area contributed by atoms with E-state index in [1.807, 2.05) is 48.4 Å². The fourth-order valence-electron chi connectivity index (χ4n) is 3.66. The van der Waals surface area contributed by atoms with Crippen LogP contribution in [-0.4, -0.2) is 25.2 Å². The van der Waals surface area contributed by atoms with Crippen molar-refractivity contribution in [2.45, 2.75) is 39.3 Å². The minimum absolute atomic E-state index is 0.00772. The van der Waals surface area contributed by atoms with Crippen molar-refractivity contribution < 1.29 is 4.79 Å². The van der Waals surface area contributed by atoms with Gasteiger partial charge in [0.15, 0.2) is 0 Å². The van der Waals surface area contributed by atoms with Gasteiger partial charge in [-0.2, -0.15) is 5.10 Å². The van der Waals surface area contributed by atoms with E-state index in [0.717, 1.165) is 34.9 Å². The Morgan fingerprint density at radius 2 is 2.15 bits per heavy atom. The number of aromatic nitrogens is 4. The van der Waals surface area contributed by atoms with Gasteiger partial charge >= 0.3 is 0 Å². The summed E-state index contributed by atoms with van der Waals surface area (Å²) >= 11 is 6.30. The molecule has 134 valence electrons. The van der Waals surface area contributed by atoms with Gasteiger partial charge in [-0.25, -0.2) is 9.67 Å². The van der Waals surface area contributed by atoms with Gasteiger partial charge in [-0.15, -0.1) is 0 Å². The number of hydrogen-bond donors (Lipinski definition) is 1. The molecule has 1 aromatic carbocycles. The molecule has 0 radical (unpaired) electrons. The number of nitrogens with zero attached hydrogens (tertiary/aromatic N) is 4. The first-order valence-corrected chi connectivity index (χ1v) is 9.06. The zero-order valence-corrected chi connectivity index (χ0v) is 15.5. The fraction of sp³-hybridized carbons (Fsp3) is 0.316. The van der Waals surface area contributed by atoms with E-state index in [2.05, 4.69) is 21.8 Å². The topological polar surface area (TPSA) is 64.7 Å². The maximum Gasteiger partial charge on any atom is 0.226 e. The lowest BCUT2D eigenvalue weighted by Crippen LogP contribution is -2.26. The molecule has 1 N–H and O–H groups in total. The summed E-state index contributed by atoms with van der Waals surface area (Å²) in [6.45, 7) is 5.38. The average Bonchev–Trinajstić information content (AvgIpc) is 3.21. The molecule has 7 heteroatoms. The molecule has 1 amide bonds. The van der Waals surface area contributed by atoms with Crippen LogP contribution in [-0.2, 0) is 17.9 Å². The second-order valence-corrected chi connectivity index (χ2v) is 6.91. The van der Waals surface area contributed by atoms with Crippen LogP contribution >= 0.6 is 11.6 Å². The summed E-state index contributed by atoms with van der Waals surface area (Å²) in [4.78, 5) is 16.7. The molecule has 0 bridgehead atoms. The SMILES string of the molecule is CCn1cncc1C1CC(=O)Nc2c1c(C)nn2Cc1ccccc1Cl. The predicted molar refractivity (Wildman–Crippen MR) is 101 cm³/mol. The molecule has 1 atom stereocenters. The molecule has 0 saturated heterocycles. The lowest BCUT2D eigenvalue weighted by Gasteiger charge is -2.24. The maximum atomic E-state index is 12.4. The first kappa shape index (κ1) is 16.8. The molecular formula is C19H20ClN5O. The Morgan fingerprint density at radius 1 is 1.35 bits per heavy atom. The van der Waals surface area contributed by atoms with Gasteiger partial charge in [0, 0.05) is 41.4 Å². The molecule has 1 unspecified atom stereocenters. The molecule has 6 nitrogen and oxygen atoms in total. The largest absolute Gasteiger partial charge is 0.334 e. The Balaban J connectivity index is 1.79. The van der Waals surface area contributed by atoms with Crippen molar-refractivity contribution in [2.75, 3.05) is 5.32 Å². The number of anilines is 1. The first-order valence-electron chi connectivity index (χ1n) is 8.69. The molecule has 2 aromatic heterocycles. The minimum Gasteiger partial charge on any atom is -0.334 e. The number of imidazole rings is 1. The predicted octanol–water partition coefficient (Wildman–Crippen LogP) is 3.58. The number of halogens is 1. The molecule has 4 rings (SSSR count). The highest BCUT2D eigenvalue weighted by Gasteiger charge is 2.33. The zero-order valence-electron chi connectivity index (χ0n) is 14.7. The van der Waals surface area contributed by atoms with Crippen LogP contribution in [0.25, 0.3) is 0 Å². The molecular weight excluding hydrogens is 350 g/mol. The summed E-state index contributed by atoms with van der Waals surface area (Å²) in [7, 11) is 0. The van der Waals surface area contributed by atoms with Gasteiger partial charge in [-0.05, 0) is 25.5 Å². The number of hydrogen-bond acceptors (Lipinski definition) is 3. The van der Waals surface area contributed by atoms with Crippen LogP contribution in [0.5, 0.6) is 0 Å². The van der Waals surface area contributed by atoms with Crippen LogP contribution < -0.4 is 5.32 Å². The van der Waals surface area contributed by atoms with Crippen molar-refractivity contribution >= 4 is 23.3 Å². The molecule has 1 aliphatic heterocycles. The van der Waals surface area contributed by atoms with Gasteiger partial charge in [0.05, 0.1) is 18.6 Å². The second-order valence-electron chi connectivity index (χ2n) is 6.51. The number of nitrogens with one attached hydrogen (secondary N) is 1. The van der Waals surface area contributed by atoms with Gasteiger partial charge in [-0.1, -0.05) is 29.8 Å². The van der Waals surface area contributed by atoms with Gasteiger partial charge in [0.2, 0.25) is 5.91 Å². The Labute approximate surface area is 156 Å². The molecule has 0 spiro atoms. The Morgan fingerprint density at radius 3 is 2.92 bits per heavy atom. The van der Waals surface area contributed by atoms with Crippen LogP contribution in [0.1, 0.15) is 41.8 Å². The van der Waals surface area contributed by atoms with Crippen molar-refractivity contribution in [3.63, 3.8) is 0 Å². The van der Waals surface area contributed by atoms with E-state index in [-0.39, 0.29) is 11.8 Å². The monoisotopic (exact) mass is 369 g/mol. The van der Waals surface area contributed by atoms with E-state index in [1.54, 1.807) is 0 Å². The standard InChI is InChI=1S/C19H20ClN5O/c1-3-24-11-21-9-16(24)14-8-17(26)22-19-18(14)12(2)23-25(19)10-13-6-4-5-7-15(13)20/h4-7,9,11,14H,3,8,10H2,1-2H3,(H,22,26). The summed E-state index contributed by atoms with van der Waals surface area (Å²) in [6.07, 6.45) is 4.06. The highest BCUT2D eigenvalue weighted by molar-refractivity contribution is 6.31. The van der Waals surface area contributed by atoms with Crippen molar-refractivity contribution in [1.82, 2.24) is 19.3 Å². The normalized spacial score (nSPS) is 16.4. The van der Waals surface area contributed by atoms with E-state index in [4.69, 9.17) is 16.7 Å². The van der Waals surface area contributed by atoms with Gasteiger partial charge in [0.1, 0.15) is 5.82 Å². The number of fused-ring (bicyclic) bond motifs is 1. The Bertz CT molecular complexity index is 974. The van der Waals surface area contributed by atoms with Crippen molar-refractivity contribution in [1.29, 1.82) is 0 Å². The minimum atomic E-state index is -0.0406. The van der Waals surface area contributed by atoms with E-state index in [1.165, 1.54) is 0 Å². The summed E-state index contributed by atoms with van der Waals surface area (Å²) in [5, 5.41) is 8.39. The number of carbonyl (C=O) groups excluding carboxylic acids is 1. The van der Waals surface area contributed by atoms with Crippen molar-refractivity contribution in [3.05, 3.63) is 64.3 Å². The molecule has 1 aliphatic rings. The average molecular weight is 370 g/mol. The van der Waals surface area contributed by atoms with Gasteiger partial charge in [0.25, 0.3) is 0 Å². The summed E-state index contributed by atoms with van der Waals surface area (Å²) in [6, 6.07) is 7.69. The third kappa shape index (κ3) is 2.80. The Hall–Kier alpha value is -2.60. The number of carbonyl (C=O) groups is 1. The van der Waals surface area contributed by atoms with E-state index in [0.29, 0.717) is 18.0 Å². The van der Waals surface area contributed by atoms with E-state index < -0.39 is 0 Å². The summed E-state index contributed by atoms with van der Waals surface area (Å²) in [5.74, 6) is 0.709. The highest BCUT2D eigenvalue weighted by Crippen LogP contribution is 2.39. The van der Waals surface area contributed by atoms with Crippen LogP contribution in [0.3, 0.4) is 0 Å². The molecule has 0 fully saturated rings. The zero-order chi connectivity index (χ0) is 18.3. The lowest BCUT2D eigenvalue weighted by atomic mass is 9.89. The molecule has 0 aliphatic carbocycles. The highest BCUT2D eigenvalue weighted by atomic mass is 35.5. The van der Waals surface area contributed by atoms with Gasteiger partial charge in [-0.3, -0.25) is 4.79 Å². The number of rotatable bonds is 4. The van der Waals surface area contributed by atoms with E-state index in [9.17, 15) is 4.79 Å². The third-order valence-corrected chi connectivity index (χ3v) is 5.26. The molecule has 0 saturated carbocycles. The summed E-state index contributed by atoms with van der Waals surface area (Å²) < 4.78 is 3.92. The molecule has 3 heterocycles. The van der Waals surface area contributed by atoms with E-state index >= 15 is 0 Å². The summed E-state index contributed by atoms with van der Waals surface area (Å²) in [5.41, 5.74) is 3.99. The van der Waals surface area contributed by atoms with Crippen molar-refractivity contribution in [2.24, 2.45) is 0 Å². The maximum absolute atomic E-state index is 12.4. The number of benzene rings is 1. The van der Waals surface area contributed by atoms with Crippen LogP contribution in [0.4, 0.5) is 5.82 Å². The molecule has 3 aromatic rings. The van der Waals surface area contributed by atoms with Crippen LogP contribution in [0.15, 0.2) is 36.8 Å². The fourth-order valence-corrected chi connectivity index (χ4v) is 3.85. The second kappa shape index (κ2) is 6.61. The van der Waals surface area contributed by atoms with Crippen molar-refractivity contribution in [3.8, 4) is 0 Å². The van der Waals surface area contributed by atoms with Crippen LogP contribution in [0.2, 0.25) is 5.02 Å². The van der Waals surface area contributed by atoms with Crippen LogP contribution in [0, 0.1) is 6.92 Å².